The minimum absolute atomic E-state index is 0.00519. The van der Waals surface area contributed by atoms with E-state index in [1.807, 2.05) is 0 Å². The van der Waals surface area contributed by atoms with Crippen LogP contribution >= 0.6 is 21.4 Å². The fraction of sp³-hybridized carbons (Fsp3) is 0.167. The molecule has 0 aromatic heterocycles. The highest BCUT2D eigenvalue weighted by Gasteiger charge is 2.14. The summed E-state index contributed by atoms with van der Waals surface area (Å²) < 4.78 is 92.1. The molecule has 27 heteroatoms. The van der Waals surface area contributed by atoms with E-state index in [0.717, 1.165) is 36.4 Å². The quantitative estimate of drug-likeness (QED) is 0.0608. The van der Waals surface area contributed by atoms with Crippen molar-refractivity contribution in [3.8, 4) is 0 Å². The molecular formula is C30H40Cl2N8O13S4. The molecule has 1 amide bonds. The number of nitro groups is 2. The molecule has 0 radical (unpaired) electrons. The molecule has 0 aliphatic heterocycles. The van der Waals surface area contributed by atoms with Gasteiger partial charge in [-0.3, -0.25) is 25.0 Å². The predicted octanol–water partition coefficient (Wildman–Crippen LogP) is 2.92. The standard InChI is InChI=1S/C8H8ClNO3S.C7H8N2O4S.C7H10N2O2S.C6H4ClNO4S.2CH5N/c1-6(11)10-7-2-4-8(5-3-7)14(9,12)13;1-8-14(12,13)7-4-2-6(3-5-7)9(10)11;1-9-12(10,11)7-4-2-6(8)3-5-7;7-13(11,12)6-3-1-5(2-4-6)8(9)10;2*1-2/h2-5H,1H3,(H,10,11);2-5,8H,1H3;2-5,9H,8H2,1H3;1-4H;2*2H2,1H3. The Hall–Kier alpha value is -4.83. The van der Waals surface area contributed by atoms with Crippen molar-refractivity contribution < 1.29 is 48.3 Å². The fourth-order valence-corrected chi connectivity index (χ4v) is 6.26. The second kappa shape index (κ2) is 25.4. The van der Waals surface area contributed by atoms with Crippen LogP contribution in [0.5, 0.6) is 0 Å². The molecule has 316 valence electrons. The largest absolute Gasteiger partial charge is 0.399 e. The van der Waals surface area contributed by atoms with Crippen LogP contribution in [0.4, 0.5) is 22.7 Å². The minimum Gasteiger partial charge on any atom is -0.399 e. The zero-order valence-corrected chi connectivity index (χ0v) is 35.3. The molecule has 4 rings (SSSR count). The van der Waals surface area contributed by atoms with Gasteiger partial charge in [-0.05, 0) is 101 Å². The fourth-order valence-electron chi connectivity index (χ4n) is 3.26. The highest BCUT2D eigenvalue weighted by atomic mass is 35.7. The van der Waals surface area contributed by atoms with Crippen LogP contribution in [0.25, 0.3) is 0 Å². The minimum atomic E-state index is -3.80. The number of hydrogen-bond acceptors (Lipinski definition) is 16. The van der Waals surface area contributed by atoms with E-state index in [9.17, 15) is 58.7 Å². The van der Waals surface area contributed by atoms with Gasteiger partial charge < -0.3 is 22.5 Å². The van der Waals surface area contributed by atoms with Gasteiger partial charge in [-0.25, -0.2) is 43.1 Å². The molecule has 9 N–H and O–H groups in total. The van der Waals surface area contributed by atoms with Crippen LogP contribution in [-0.4, -0.2) is 77.6 Å². The Labute approximate surface area is 338 Å². The lowest BCUT2D eigenvalue weighted by molar-refractivity contribution is -0.385. The van der Waals surface area contributed by atoms with Gasteiger partial charge in [-0.15, -0.1) is 0 Å². The monoisotopic (exact) mass is 918 g/mol. The number of benzene rings is 4. The molecule has 21 nitrogen and oxygen atoms in total. The van der Waals surface area contributed by atoms with E-state index in [0.29, 0.717) is 11.4 Å². The SMILES string of the molecule is CC(=O)Nc1ccc(S(=O)(=O)Cl)cc1.CN.CN.CNS(=O)(=O)c1ccc(N)cc1.CNS(=O)(=O)c1ccc([N+](=O)[O-])cc1.O=[N+]([O-])c1ccc(S(=O)(=O)Cl)cc1. The number of nitro benzene ring substituents is 2. The first-order chi connectivity index (χ1) is 26.3. The number of nitrogens with two attached hydrogens (primary N) is 3. The van der Waals surface area contributed by atoms with Gasteiger partial charge in [0.15, 0.2) is 0 Å². The molecule has 0 fully saturated rings. The Balaban J connectivity index is 0. The van der Waals surface area contributed by atoms with Crippen LogP contribution in [0, 0.1) is 20.2 Å². The molecule has 0 atom stereocenters. The van der Waals surface area contributed by atoms with Crippen LogP contribution in [0.15, 0.2) is 117 Å². The second-order valence-corrected chi connectivity index (χ2v) is 18.5. The van der Waals surface area contributed by atoms with Crippen LogP contribution < -0.4 is 32.0 Å². The number of nitrogen functional groups attached to an aromatic ring is 1. The molecule has 0 spiro atoms. The topological polar surface area (TPSA) is 354 Å². The number of halogens is 2. The average molecular weight is 920 g/mol. The first-order valence-electron chi connectivity index (χ1n) is 15.0. The van der Waals surface area contributed by atoms with Gasteiger partial charge in [0.1, 0.15) is 0 Å². The smallest absolute Gasteiger partial charge is 0.269 e. The van der Waals surface area contributed by atoms with Crippen LogP contribution in [0.3, 0.4) is 0 Å². The van der Waals surface area contributed by atoms with E-state index in [4.69, 9.17) is 27.1 Å². The first-order valence-corrected chi connectivity index (χ1v) is 22.6. The van der Waals surface area contributed by atoms with Crippen LogP contribution in [0.1, 0.15) is 6.92 Å². The molecule has 0 unspecified atom stereocenters. The zero-order valence-electron chi connectivity index (χ0n) is 30.6. The van der Waals surface area contributed by atoms with Crippen molar-refractivity contribution in [3.05, 3.63) is 117 Å². The van der Waals surface area contributed by atoms with Gasteiger partial charge in [0.2, 0.25) is 26.0 Å². The number of carbonyl (C=O) groups is 1. The normalized spacial score (nSPS) is 10.6. The van der Waals surface area contributed by atoms with E-state index in [1.54, 1.807) is 12.1 Å². The number of amides is 1. The van der Waals surface area contributed by atoms with Crippen LogP contribution in [-0.2, 0) is 42.9 Å². The lowest BCUT2D eigenvalue weighted by Gasteiger charge is -2.01. The van der Waals surface area contributed by atoms with Gasteiger partial charge in [0, 0.05) is 63.9 Å². The van der Waals surface area contributed by atoms with Crippen molar-refractivity contribution >= 4 is 88.2 Å². The average Bonchev–Trinajstić information content (AvgIpc) is 3.16. The summed E-state index contributed by atoms with van der Waals surface area (Å²) in [5.74, 6) is -0.216. The third kappa shape index (κ3) is 20.8. The highest BCUT2D eigenvalue weighted by Crippen LogP contribution is 2.19. The van der Waals surface area contributed by atoms with E-state index >= 15 is 0 Å². The lowest BCUT2D eigenvalue weighted by Crippen LogP contribution is -2.18. The molecule has 0 saturated carbocycles. The van der Waals surface area contributed by atoms with Gasteiger partial charge in [0.05, 0.1) is 29.4 Å². The van der Waals surface area contributed by atoms with Crippen molar-refractivity contribution in [3.63, 3.8) is 0 Å². The molecule has 0 saturated heterocycles. The number of rotatable bonds is 9. The molecule has 4 aromatic rings. The van der Waals surface area contributed by atoms with Crippen molar-refractivity contribution in [1.29, 1.82) is 0 Å². The first kappa shape index (κ1) is 54.3. The van der Waals surface area contributed by atoms with Gasteiger partial charge in [0.25, 0.3) is 29.5 Å². The molecular weight excluding hydrogens is 880 g/mol. The number of nitrogens with one attached hydrogen (secondary N) is 3. The maximum Gasteiger partial charge on any atom is 0.269 e. The molecule has 0 bridgehead atoms. The number of nitrogens with zero attached hydrogens (tertiary/aromatic N) is 2. The van der Waals surface area contributed by atoms with Gasteiger partial charge in [-0.1, -0.05) is 0 Å². The molecule has 0 aliphatic rings. The predicted molar refractivity (Wildman–Crippen MR) is 217 cm³/mol. The third-order valence-corrected chi connectivity index (χ3v) is 11.5. The summed E-state index contributed by atoms with van der Waals surface area (Å²) in [5, 5.41) is 23.0. The maximum atomic E-state index is 11.2. The summed E-state index contributed by atoms with van der Waals surface area (Å²) in [7, 11) is 1.42. The van der Waals surface area contributed by atoms with E-state index in [-0.39, 0.29) is 36.9 Å². The van der Waals surface area contributed by atoms with E-state index in [2.05, 4.69) is 26.2 Å². The Bertz CT molecular complexity index is 2340. The van der Waals surface area contributed by atoms with Gasteiger partial charge in [-0.2, -0.15) is 0 Å². The van der Waals surface area contributed by atoms with Crippen molar-refractivity contribution in [2.75, 3.05) is 39.2 Å². The lowest BCUT2D eigenvalue weighted by atomic mass is 10.3. The molecule has 0 aliphatic carbocycles. The van der Waals surface area contributed by atoms with E-state index in [1.165, 1.54) is 83.6 Å². The number of anilines is 2. The Kier molecular flexibility index (Phi) is 24.2. The molecule has 57 heavy (non-hydrogen) atoms. The summed E-state index contributed by atoms with van der Waals surface area (Å²) in [6.45, 7) is 1.37. The Morgan fingerprint density at radius 3 is 1.05 bits per heavy atom. The summed E-state index contributed by atoms with van der Waals surface area (Å²) in [6, 6.07) is 20.6. The van der Waals surface area contributed by atoms with E-state index < -0.39 is 48.0 Å². The number of sulfonamides is 2. The Morgan fingerprint density at radius 1 is 0.544 bits per heavy atom. The van der Waals surface area contributed by atoms with Gasteiger partial charge >= 0.3 is 0 Å². The highest BCUT2D eigenvalue weighted by molar-refractivity contribution is 8.14. The van der Waals surface area contributed by atoms with Crippen LogP contribution in [0.2, 0.25) is 0 Å². The molecule has 4 aromatic carbocycles. The second-order valence-electron chi connectivity index (χ2n) is 9.57. The number of hydrogen-bond donors (Lipinski definition) is 6. The van der Waals surface area contributed by atoms with Crippen molar-refractivity contribution in [2.24, 2.45) is 11.5 Å². The summed E-state index contributed by atoms with van der Waals surface area (Å²) >= 11 is 0. The van der Waals surface area contributed by atoms with Crippen molar-refractivity contribution in [1.82, 2.24) is 9.44 Å². The zero-order chi connectivity index (χ0) is 44.8. The summed E-state index contributed by atoms with van der Waals surface area (Å²) in [6.07, 6.45) is 0. The summed E-state index contributed by atoms with van der Waals surface area (Å²) in [4.78, 5) is 30.0. The number of carbonyl (C=O) groups excluding carboxylic acids is 1. The Morgan fingerprint density at radius 2 is 0.807 bits per heavy atom. The summed E-state index contributed by atoms with van der Waals surface area (Å²) in [5.41, 5.74) is 15.2. The molecule has 0 heterocycles. The van der Waals surface area contributed by atoms with Crippen molar-refractivity contribution in [2.45, 2.75) is 26.5 Å². The maximum absolute atomic E-state index is 11.2. The third-order valence-electron chi connectivity index (χ3n) is 5.87. The number of non-ortho nitro benzene ring substituents is 2.